The van der Waals surface area contributed by atoms with Crippen molar-refractivity contribution in [2.75, 3.05) is 0 Å². The number of allylic oxidation sites excluding steroid dienone is 2. The van der Waals surface area contributed by atoms with Gasteiger partial charge in [-0.05, 0) is 19.4 Å². The molecule has 2 heteroatoms. The Kier molecular flexibility index (Phi) is 2.47. The molecule has 0 bridgehead atoms. The van der Waals surface area contributed by atoms with Gasteiger partial charge in [0.1, 0.15) is 0 Å². The van der Waals surface area contributed by atoms with Crippen LogP contribution in [0.15, 0.2) is 23.8 Å². The van der Waals surface area contributed by atoms with E-state index >= 15 is 0 Å². The zero-order valence-corrected chi connectivity index (χ0v) is 7.12. The van der Waals surface area contributed by atoms with E-state index in [1.807, 2.05) is 19.9 Å². The first kappa shape index (κ1) is 8.50. The highest BCUT2D eigenvalue weighted by Crippen LogP contribution is 2.23. The summed E-state index contributed by atoms with van der Waals surface area (Å²) in [6.07, 6.45) is 6.22. The van der Waals surface area contributed by atoms with Gasteiger partial charge in [0, 0.05) is 18.0 Å². The summed E-state index contributed by atoms with van der Waals surface area (Å²) in [5.41, 5.74) is 12.8. The van der Waals surface area contributed by atoms with Gasteiger partial charge in [0.15, 0.2) is 0 Å². The molecule has 0 aromatic heterocycles. The van der Waals surface area contributed by atoms with Crippen LogP contribution in [0.4, 0.5) is 0 Å². The first-order valence-electron chi connectivity index (χ1n) is 4.02. The SMILES string of the molecule is CC(N)C1=CC=CC1C(C)N. The summed E-state index contributed by atoms with van der Waals surface area (Å²) < 4.78 is 0. The van der Waals surface area contributed by atoms with Gasteiger partial charge in [-0.15, -0.1) is 0 Å². The van der Waals surface area contributed by atoms with Gasteiger partial charge in [0.05, 0.1) is 0 Å². The lowest BCUT2D eigenvalue weighted by Crippen LogP contribution is -2.31. The summed E-state index contributed by atoms with van der Waals surface area (Å²) in [6.45, 7) is 4.00. The second-order valence-corrected chi connectivity index (χ2v) is 3.23. The molecule has 62 valence electrons. The lowest BCUT2D eigenvalue weighted by atomic mass is 9.92. The third-order valence-electron chi connectivity index (χ3n) is 2.08. The van der Waals surface area contributed by atoms with Gasteiger partial charge in [0.2, 0.25) is 0 Å². The van der Waals surface area contributed by atoms with Gasteiger partial charge in [-0.1, -0.05) is 18.2 Å². The first-order chi connectivity index (χ1) is 5.13. The summed E-state index contributed by atoms with van der Waals surface area (Å²) in [4.78, 5) is 0. The molecule has 3 atom stereocenters. The van der Waals surface area contributed by atoms with Crippen molar-refractivity contribution in [2.45, 2.75) is 25.9 Å². The highest BCUT2D eigenvalue weighted by molar-refractivity contribution is 5.31. The molecule has 0 aromatic carbocycles. The number of hydrogen-bond donors (Lipinski definition) is 2. The van der Waals surface area contributed by atoms with Gasteiger partial charge < -0.3 is 11.5 Å². The topological polar surface area (TPSA) is 52.0 Å². The Labute approximate surface area is 68.0 Å². The molecule has 0 amide bonds. The van der Waals surface area contributed by atoms with Crippen LogP contribution in [-0.4, -0.2) is 12.1 Å². The quantitative estimate of drug-likeness (QED) is 0.614. The molecule has 0 heterocycles. The Balaban J connectivity index is 2.69. The molecule has 0 aromatic rings. The lowest BCUT2D eigenvalue weighted by Gasteiger charge is -2.20. The average molecular weight is 152 g/mol. The maximum absolute atomic E-state index is 5.78. The van der Waals surface area contributed by atoms with Crippen molar-refractivity contribution < 1.29 is 0 Å². The van der Waals surface area contributed by atoms with Crippen molar-refractivity contribution in [3.05, 3.63) is 23.8 Å². The Morgan fingerprint density at radius 1 is 1.36 bits per heavy atom. The van der Waals surface area contributed by atoms with E-state index in [0.717, 1.165) is 0 Å². The molecule has 0 spiro atoms. The summed E-state index contributed by atoms with van der Waals surface area (Å²) in [5.74, 6) is 0.356. The molecule has 0 radical (unpaired) electrons. The van der Waals surface area contributed by atoms with Crippen molar-refractivity contribution in [3.63, 3.8) is 0 Å². The van der Waals surface area contributed by atoms with Gasteiger partial charge >= 0.3 is 0 Å². The van der Waals surface area contributed by atoms with Crippen molar-refractivity contribution in [2.24, 2.45) is 17.4 Å². The Bertz CT molecular complexity index is 190. The van der Waals surface area contributed by atoms with Crippen LogP contribution < -0.4 is 11.5 Å². The largest absolute Gasteiger partial charge is 0.327 e. The highest BCUT2D eigenvalue weighted by atomic mass is 14.7. The maximum Gasteiger partial charge on any atom is 0.0234 e. The van der Waals surface area contributed by atoms with Gasteiger partial charge in [-0.25, -0.2) is 0 Å². The molecule has 1 aliphatic carbocycles. The van der Waals surface area contributed by atoms with Crippen LogP contribution in [0.25, 0.3) is 0 Å². The smallest absolute Gasteiger partial charge is 0.0234 e. The van der Waals surface area contributed by atoms with E-state index in [-0.39, 0.29) is 12.1 Å². The lowest BCUT2D eigenvalue weighted by molar-refractivity contribution is 0.577. The standard InChI is InChI=1S/C9H16N2/c1-6(10)8-4-3-5-9(8)7(2)11/h3-8H,10-11H2,1-2H3. The minimum absolute atomic E-state index is 0.126. The Morgan fingerprint density at radius 2 is 2.00 bits per heavy atom. The predicted octanol–water partition coefficient (Wildman–Crippen LogP) is 0.793. The van der Waals surface area contributed by atoms with Crippen LogP contribution >= 0.6 is 0 Å². The summed E-state index contributed by atoms with van der Waals surface area (Å²) >= 11 is 0. The molecule has 11 heavy (non-hydrogen) atoms. The Morgan fingerprint density at radius 3 is 2.36 bits per heavy atom. The van der Waals surface area contributed by atoms with Crippen LogP contribution in [0.5, 0.6) is 0 Å². The van der Waals surface area contributed by atoms with E-state index in [4.69, 9.17) is 11.5 Å². The first-order valence-corrected chi connectivity index (χ1v) is 4.02. The second-order valence-electron chi connectivity index (χ2n) is 3.23. The van der Waals surface area contributed by atoms with E-state index in [1.54, 1.807) is 0 Å². The molecule has 0 saturated heterocycles. The Hall–Kier alpha value is -0.600. The van der Waals surface area contributed by atoms with Gasteiger partial charge in [-0.2, -0.15) is 0 Å². The van der Waals surface area contributed by atoms with Crippen molar-refractivity contribution in [1.82, 2.24) is 0 Å². The molecule has 1 aliphatic rings. The molecule has 4 N–H and O–H groups in total. The minimum atomic E-state index is 0.126. The van der Waals surface area contributed by atoms with Crippen molar-refractivity contribution in [1.29, 1.82) is 0 Å². The number of nitrogens with two attached hydrogens (primary N) is 2. The van der Waals surface area contributed by atoms with E-state index < -0.39 is 0 Å². The van der Waals surface area contributed by atoms with Gasteiger partial charge in [-0.3, -0.25) is 0 Å². The fourth-order valence-electron chi connectivity index (χ4n) is 1.44. The fourth-order valence-corrected chi connectivity index (χ4v) is 1.44. The monoisotopic (exact) mass is 152 g/mol. The molecular weight excluding hydrogens is 136 g/mol. The third-order valence-corrected chi connectivity index (χ3v) is 2.08. The summed E-state index contributed by atoms with van der Waals surface area (Å²) in [5, 5.41) is 0. The van der Waals surface area contributed by atoms with E-state index in [9.17, 15) is 0 Å². The molecule has 0 aliphatic heterocycles. The number of hydrogen-bond acceptors (Lipinski definition) is 2. The molecular formula is C9H16N2. The van der Waals surface area contributed by atoms with E-state index in [0.29, 0.717) is 5.92 Å². The highest BCUT2D eigenvalue weighted by Gasteiger charge is 2.20. The number of rotatable bonds is 2. The molecule has 3 unspecified atom stereocenters. The van der Waals surface area contributed by atoms with Gasteiger partial charge in [0.25, 0.3) is 0 Å². The zero-order chi connectivity index (χ0) is 8.43. The normalized spacial score (nSPS) is 28.4. The van der Waals surface area contributed by atoms with Crippen LogP contribution in [0, 0.1) is 5.92 Å². The van der Waals surface area contributed by atoms with Crippen LogP contribution in [0.3, 0.4) is 0 Å². The van der Waals surface area contributed by atoms with Crippen LogP contribution in [-0.2, 0) is 0 Å². The average Bonchev–Trinajstić information content (AvgIpc) is 2.32. The zero-order valence-electron chi connectivity index (χ0n) is 7.12. The molecule has 0 saturated carbocycles. The minimum Gasteiger partial charge on any atom is -0.327 e. The summed E-state index contributed by atoms with van der Waals surface area (Å²) in [7, 11) is 0. The van der Waals surface area contributed by atoms with Crippen molar-refractivity contribution in [3.8, 4) is 0 Å². The second kappa shape index (κ2) is 3.20. The maximum atomic E-state index is 5.78. The predicted molar refractivity (Wildman–Crippen MR) is 48.0 cm³/mol. The van der Waals surface area contributed by atoms with Crippen LogP contribution in [0.1, 0.15) is 13.8 Å². The van der Waals surface area contributed by atoms with E-state index in [2.05, 4.69) is 12.2 Å². The molecule has 2 nitrogen and oxygen atoms in total. The van der Waals surface area contributed by atoms with E-state index in [1.165, 1.54) is 5.57 Å². The van der Waals surface area contributed by atoms with Crippen LogP contribution in [0.2, 0.25) is 0 Å². The molecule has 1 rings (SSSR count). The molecule has 0 fully saturated rings. The fraction of sp³-hybridized carbons (Fsp3) is 0.556. The summed E-state index contributed by atoms with van der Waals surface area (Å²) in [6, 6.07) is 0.298. The van der Waals surface area contributed by atoms with Crippen molar-refractivity contribution >= 4 is 0 Å². The third kappa shape index (κ3) is 1.70.